The first-order valence-corrected chi connectivity index (χ1v) is 7.98. The summed E-state index contributed by atoms with van der Waals surface area (Å²) in [5.74, 6) is -1.23. The van der Waals surface area contributed by atoms with Crippen molar-refractivity contribution in [1.82, 2.24) is 0 Å². The van der Waals surface area contributed by atoms with Crippen LogP contribution < -0.4 is 10.6 Å². The smallest absolute Gasteiger partial charge is 0.326 e. The van der Waals surface area contributed by atoms with Gasteiger partial charge >= 0.3 is 6.18 Å². The van der Waals surface area contributed by atoms with Gasteiger partial charge in [-0.15, -0.1) is 0 Å². The summed E-state index contributed by atoms with van der Waals surface area (Å²) in [6.45, 7) is 3.64. The Bertz CT molecular complexity index is 810. The van der Waals surface area contributed by atoms with Crippen molar-refractivity contribution in [3.8, 4) is 0 Å². The lowest BCUT2D eigenvalue weighted by Crippen LogP contribution is -2.22. The van der Waals surface area contributed by atoms with E-state index in [1.807, 2.05) is 13.0 Å². The molecule has 0 fully saturated rings. The van der Waals surface area contributed by atoms with Crippen LogP contribution in [-0.2, 0) is 15.8 Å². The van der Waals surface area contributed by atoms with Crippen molar-refractivity contribution in [3.05, 3.63) is 58.1 Å². The van der Waals surface area contributed by atoms with Gasteiger partial charge in [-0.05, 0) is 55.3 Å². The molecule has 0 spiro atoms. The lowest BCUT2D eigenvalue weighted by Gasteiger charge is -2.12. The highest BCUT2D eigenvalue weighted by molar-refractivity contribution is 6.34. The van der Waals surface area contributed by atoms with Crippen LogP contribution in [0.3, 0.4) is 0 Å². The van der Waals surface area contributed by atoms with Crippen molar-refractivity contribution in [2.24, 2.45) is 0 Å². The average molecular weight is 385 g/mol. The molecule has 0 aliphatic heterocycles. The predicted octanol–water partition coefficient (Wildman–Crippen LogP) is 4.94. The highest BCUT2D eigenvalue weighted by Crippen LogP contribution is 2.30. The fourth-order valence-electron chi connectivity index (χ4n) is 2.35. The number of halogens is 4. The summed E-state index contributed by atoms with van der Waals surface area (Å²) in [4.78, 5) is 23.9. The molecular weight excluding hydrogens is 369 g/mol. The number of carbonyl (C=O) groups excluding carboxylic acids is 2. The molecule has 0 atom stereocenters. The minimum Gasteiger partial charge on any atom is -0.326 e. The third-order valence-electron chi connectivity index (χ3n) is 3.51. The number of hydrogen-bond donors (Lipinski definition) is 2. The fraction of sp³-hybridized carbons (Fsp3) is 0.222. The van der Waals surface area contributed by atoms with E-state index in [9.17, 15) is 22.8 Å². The van der Waals surface area contributed by atoms with Gasteiger partial charge in [0.1, 0.15) is 6.42 Å². The quantitative estimate of drug-likeness (QED) is 0.733. The Morgan fingerprint density at radius 1 is 1.00 bits per heavy atom. The summed E-state index contributed by atoms with van der Waals surface area (Å²) in [5.41, 5.74) is 1.46. The summed E-state index contributed by atoms with van der Waals surface area (Å²) in [6.07, 6.45) is -4.95. The number of aryl methyl sites for hydroxylation is 2. The minimum atomic E-state index is -4.45. The second kappa shape index (κ2) is 7.78. The van der Waals surface area contributed by atoms with E-state index < -0.39 is 30.0 Å². The first-order valence-electron chi connectivity index (χ1n) is 7.60. The molecule has 0 saturated heterocycles. The van der Waals surface area contributed by atoms with E-state index in [4.69, 9.17) is 11.6 Å². The van der Waals surface area contributed by atoms with Gasteiger partial charge in [0.2, 0.25) is 11.8 Å². The molecule has 0 heterocycles. The molecule has 2 aromatic carbocycles. The van der Waals surface area contributed by atoms with Crippen molar-refractivity contribution in [2.75, 3.05) is 10.6 Å². The largest absolute Gasteiger partial charge is 0.416 e. The molecule has 4 nitrogen and oxygen atoms in total. The third kappa shape index (κ3) is 5.23. The van der Waals surface area contributed by atoms with Crippen LogP contribution in [0.25, 0.3) is 0 Å². The van der Waals surface area contributed by atoms with Gasteiger partial charge in [-0.3, -0.25) is 9.59 Å². The first-order chi connectivity index (χ1) is 12.1. The Balaban J connectivity index is 1.96. The summed E-state index contributed by atoms with van der Waals surface area (Å²) in [7, 11) is 0. The zero-order valence-corrected chi connectivity index (χ0v) is 14.8. The van der Waals surface area contributed by atoms with Gasteiger partial charge in [0.05, 0.1) is 16.3 Å². The molecule has 0 aliphatic rings. The molecule has 8 heteroatoms. The fourth-order valence-corrected chi connectivity index (χ4v) is 2.72. The molecule has 0 aromatic heterocycles. The normalized spacial score (nSPS) is 11.2. The molecular formula is C18H16ClF3N2O2. The number of benzene rings is 2. The Morgan fingerprint density at radius 3 is 2.12 bits per heavy atom. The summed E-state index contributed by atoms with van der Waals surface area (Å²) < 4.78 is 37.5. The van der Waals surface area contributed by atoms with Crippen LogP contribution >= 0.6 is 11.6 Å². The lowest BCUT2D eigenvalue weighted by atomic mass is 10.1. The minimum absolute atomic E-state index is 0.167. The topological polar surface area (TPSA) is 58.2 Å². The van der Waals surface area contributed by atoms with Crippen molar-refractivity contribution in [3.63, 3.8) is 0 Å². The van der Waals surface area contributed by atoms with Gasteiger partial charge in [-0.1, -0.05) is 17.7 Å². The summed E-state index contributed by atoms with van der Waals surface area (Å²) in [5, 5.41) is 5.31. The van der Waals surface area contributed by atoms with Crippen LogP contribution in [0.2, 0.25) is 5.02 Å². The van der Waals surface area contributed by atoms with Gasteiger partial charge < -0.3 is 10.6 Å². The zero-order chi connectivity index (χ0) is 19.5. The Morgan fingerprint density at radius 2 is 1.58 bits per heavy atom. The van der Waals surface area contributed by atoms with E-state index in [0.717, 1.165) is 35.4 Å². The Labute approximate surface area is 153 Å². The maximum atomic E-state index is 12.5. The molecule has 0 bridgehead atoms. The third-order valence-corrected chi connectivity index (χ3v) is 3.81. The SMILES string of the molecule is Cc1cc(C)c(NC(=O)CC(=O)Nc2ccc(C(F)(F)F)cc2)c(Cl)c1. The van der Waals surface area contributed by atoms with Gasteiger partial charge in [-0.25, -0.2) is 0 Å². The monoisotopic (exact) mass is 384 g/mol. The molecule has 26 heavy (non-hydrogen) atoms. The highest BCUT2D eigenvalue weighted by Gasteiger charge is 2.30. The summed E-state index contributed by atoms with van der Waals surface area (Å²) in [6, 6.07) is 7.48. The molecule has 138 valence electrons. The van der Waals surface area contributed by atoms with Crippen LogP contribution in [0.5, 0.6) is 0 Å². The Hall–Kier alpha value is -2.54. The van der Waals surface area contributed by atoms with Gasteiger partial charge in [-0.2, -0.15) is 13.2 Å². The van der Waals surface area contributed by atoms with E-state index in [1.54, 1.807) is 13.0 Å². The van der Waals surface area contributed by atoms with E-state index in [0.29, 0.717) is 10.7 Å². The lowest BCUT2D eigenvalue weighted by molar-refractivity contribution is -0.137. The van der Waals surface area contributed by atoms with Crippen LogP contribution in [0.4, 0.5) is 24.5 Å². The number of hydrogen-bond acceptors (Lipinski definition) is 2. The average Bonchev–Trinajstić information content (AvgIpc) is 2.50. The van der Waals surface area contributed by atoms with Crippen molar-refractivity contribution >= 4 is 34.8 Å². The zero-order valence-electron chi connectivity index (χ0n) is 14.0. The Kier molecular flexibility index (Phi) is 5.92. The number of amides is 2. The molecule has 2 rings (SSSR count). The van der Waals surface area contributed by atoms with E-state index in [-0.39, 0.29) is 5.69 Å². The predicted molar refractivity (Wildman–Crippen MR) is 94.2 cm³/mol. The number of rotatable bonds is 4. The standard InChI is InChI=1S/C18H16ClF3N2O2/c1-10-7-11(2)17(14(19)8-10)24-16(26)9-15(25)23-13-5-3-12(4-6-13)18(20,21)22/h3-8H,9H2,1-2H3,(H,23,25)(H,24,26). The summed E-state index contributed by atoms with van der Waals surface area (Å²) >= 11 is 6.09. The van der Waals surface area contributed by atoms with Gasteiger partial charge in [0, 0.05) is 5.69 Å². The maximum absolute atomic E-state index is 12.5. The van der Waals surface area contributed by atoms with E-state index >= 15 is 0 Å². The van der Waals surface area contributed by atoms with Crippen LogP contribution in [0.15, 0.2) is 36.4 Å². The van der Waals surface area contributed by atoms with Crippen molar-refractivity contribution in [2.45, 2.75) is 26.4 Å². The molecule has 0 unspecified atom stereocenters. The second-order valence-electron chi connectivity index (χ2n) is 5.79. The van der Waals surface area contributed by atoms with Crippen molar-refractivity contribution < 1.29 is 22.8 Å². The number of carbonyl (C=O) groups is 2. The number of anilines is 2. The molecule has 0 saturated carbocycles. The van der Waals surface area contributed by atoms with Gasteiger partial charge in [0.25, 0.3) is 0 Å². The van der Waals surface area contributed by atoms with E-state index in [2.05, 4.69) is 10.6 Å². The van der Waals surface area contributed by atoms with Crippen LogP contribution in [0, 0.1) is 13.8 Å². The number of nitrogens with one attached hydrogen (secondary N) is 2. The first kappa shape index (κ1) is 19.8. The van der Waals surface area contributed by atoms with E-state index in [1.165, 1.54) is 0 Å². The van der Waals surface area contributed by atoms with Crippen molar-refractivity contribution in [1.29, 1.82) is 0 Å². The maximum Gasteiger partial charge on any atom is 0.416 e. The number of alkyl halides is 3. The molecule has 2 N–H and O–H groups in total. The molecule has 0 aliphatic carbocycles. The molecule has 2 amide bonds. The second-order valence-corrected chi connectivity index (χ2v) is 6.19. The van der Waals surface area contributed by atoms with Crippen LogP contribution in [0.1, 0.15) is 23.1 Å². The van der Waals surface area contributed by atoms with Gasteiger partial charge in [0.15, 0.2) is 0 Å². The van der Waals surface area contributed by atoms with Crippen LogP contribution in [-0.4, -0.2) is 11.8 Å². The molecule has 2 aromatic rings. The molecule has 0 radical (unpaired) electrons. The highest BCUT2D eigenvalue weighted by atomic mass is 35.5.